The predicted molar refractivity (Wildman–Crippen MR) is 140 cm³/mol. The number of aliphatic hydroxyl groups excluding tert-OH is 2. The number of ether oxygens (including phenoxy) is 1. The zero-order chi connectivity index (χ0) is 29.6. The van der Waals surface area contributed by atoms with Gasteiger partial charge in [0.05, 0.1) is 18.5 Å². The van der Waals surface area contributed by atoms with E-state index in [0.29, 0.717) is 6.07 Å². The molecule has 0 aliphatic carbocycles. The maximum atomic E-state index is 13.0. The maximum Gasteiger partial charge on any atom is 0.362 e. The van der Waals surface area contributed by atoms with Gasteiger partial charge in [-0.3, -0.25) is 13.5 Å². The Kier molecular flexibility index (Phi) is 10.3. The lowest BCUT2D eigenvalue weighted by Gasteiger charge is -2.16. The second-order valence-corrected chi connectivity index (χ2v) is 9.93. The predicted octanol–water partition coefficient (Wildman–Crippen LogP) is -0.0881. The van der Waals surface area contributed by atoms with Gasteiger partial charge in [-0.1, -0.05) is 20.8 Å². The number of rotatable bonds is 9. The molecule has 0 unspecified atom stereocenters. The molecular formula is C23H32FN7O8S. The van der Waals surface area contributed by atoms with Crippen molar-refractivity contribution >= 4 is 33.2 Å². The molecule has 17 heteroatoms. The van der Waals surface area contributed by atoms with E-state index in [-0.39, 0.29) is 17.0 Å². The minimum atomic E-state index is -4.73. The lowest BCUT2D eigenvalue weighted by atomic mass is 10.1. The van der Waals surface area contributed by atoms with E-state index in [9.17, 15) is 32.9 Å². The second kappa shape index (κ2) is 13.2. The molecule has 40 heavy (non-hydrogen) atoms. The molecule has 1 saturated heterocycles. The van der Waals surface area contributed by atoms with Crippen LogP contribution in [0.25, 0.3) is 11.2 Å². The largest absolute Gasteiger partial charge is 0.507 e. The van der Waals surface area contributed by atoms with E-state index in [1.165, 1.54) is 41.6 Å². The van der Waals surface area contributed by atoms with Crippen molar-refractivity contribution < 1.29 is 41.8 Å². The van der Waals surface area contributed by atoms with Crippen LogP contribution in [0.5, 0.6) is 5.75 Å². The number of aliphatic hydroxyl groups is 2. The Morgan fingerprint density at radius 2 is 1.85 bits per heavy atom. The first-order chi connectivity index (χ1) is 18.9. The summed E-state index contributed by atoms with van der Waals surface area (Å²) in [7, 11) is -4.73. The summed E-state index contributed by atoms with van der Waals surface area (Å²) in [5, 5.41) is 30.2. The van der Waals surface area contributed by atoms with Gasteiger partial charge in [0.15, 0.2) is 17.7 Å². The van der Waals surface area contributed by atoms with Crippen LogP contribution in [0.3, 0.4) is 0 Å². The quantitative estimate of drug-likeness (QED) is 0.222. The number of fused-ring (bicyclic) bond motifs is 1. The fourth-order valence-corrected chi connectivity index (χ4v) is 4.58. The van der Waals surface area contributed by atoms with Gasteiger partial charge in [-0.15, -0.1) is 0 Å². The van der Waals surface area contributed by atoms with Crippen molar-refractivity contribution in [1.82, 2.24) is 29.1 Å². The van der Waals surface area contributed by atoms with Gasteiger partial charge in [-0.2, -0.15) is 8.42 Å². The van der Waals surface area contributed by atoms with Gasteiger partial charge < -0.3 is 30.7 Å². The van der Waals surface area contributed by atoms with Gasteiger partial charge in [-0.25, -0.2) is 24.1 Å². The van der Waals surface area contributed by atoms with E-state index < -0.39 is 64.5 Å². The van der Waals surface area contributed by atoms with E-state index in [2.05, 4.69) is 44.8 Å². The smallest absolute Gasteiger partial charge is 0.362 e. The van der Waals surface area contributed by atoms with Crippen LogP contribution in [0.2, 0.25) is 0 Å². The molecule has 15 nitrogen and oxygen atoms in total. The number of halogens is 1. The number of carbonyl (C=O) groups is 1. The molecular weight excluding hydrogens is 553 g/mol. The van der Waals surface area contributed by atoms with Crippen LogP contribution >= 0.6 is 0 Å². The fourth-order valence-electron chi connectivity index (χ4n) is 3.88. The number of hydrogen-bond donors (Lipinski definition) is 5. The summed E-state index contributed by atoms with van der Waals surface area (Å²) in [4.78, 5) is 26.3. The zero-order valence-electron chi connectivity index (χ0n) is 22.0. The number of aromatic hydroxyl groups is 1. The summed E-state index contributed by atoms with van der Waals surface area (Å²) >= 11 is 0. The van der Waals surface area contributed by atoms with Crippen LogP contribution < -0.4 is 10.5 Å². The Morgan fingerprint density at radius 3 is 2.45 bits per heavy atom. The molecule has 1 aliphatic heterocycles. The third-order valence-electron chi connectivity index (χ3n) is 6.15. The molecule has 0 radical (unpaired) electrons. The molecule has 1 amide bonds. The van der Waals surface area contributed by atoms with E-state index in [4.69, 9.17) is 10.5 Å². The van der Waals surface area contributed by atoms with Crippen LogP contribution in [0.1, 0.15) is 37.4 Å². The molecule has 1 fully saturated rings. The topological polar surface area (TPSA) is 215 Å². The number of nitrogens with two attached hydrogens (primary N) is 1. The Labute approximate surface area is 229 Å². The molecule has 3 heterocycles. The summed E-state index contributed by atoms with van der Waals surface area (Å²) in [5.74, 6) is -2.80. The number of phenolic OH excluding ortho intramolecular Hbond substituents is 1. The highest BCUT2D eigenvalue weighted by molar-refractivity contribution is 7.85. The van der Waals surface area contributed by atoms with Crippen molar-refractivity contribution in [3.05, 3.63) is 42.2 Å². The second-order valence-electron chi connectivity index (χ2n) is 8.58. The molecule has 2 aromatic heterocycles. The average Bonchev–Trinajstić information content (AvgIpc) is 3.45. The number of phenols is 1. The molecule has 4 atom stereocenters. The summed E-state index contributed by atoms with van der Waals surface area (Å²) < 4.78 is 50.3. The Morgan fingerprint density at radius 1 is 1.18 bits per heavy atom. The highest BCUT2D eigenvalue weighted by Crippen LogP contribution is 2.32. The number of aromatic nitrogens is 4. The Hall–Kier alpha value is -3.48. The van der Waals surface area contributed by atoms with Gasteiger partial charge in [0.25, 0.3) is 5.91 Å². The molecule has 4 rings (SSSR count). The first-order valence-corrected chi connectivity index (χ1v) is 13.7. The number of nitrogens with zero attached hydrogens (tertiary/aromatic N) is 5. The lowest BCUT2D eigenvalue weighted by Crippen LogP contribution is -2.37. The molecule has 3 aromatic rings. The monoisotopic (exact) mass is 585 g/mol. The third kappa shape index (κ3) is 7.18. The van der Waals surface area contributed by atoms with Crippen LogP contribution in [0.4, 0.5) is 10.2 Å². The number of benzene rings is 1. The first kappa shape index (κ1) is 31.1. The average molecular weight is 586 g/mol. The minimum absolute atomic E-state index is 0.0840. The van der Waals surface area contributed by atoms with E-state index in [0.717, 1.165) is 12.1 Å². The van der Waals surface area contributed by atoms with Gasteiger partial charge in [0.1, 0.15) is 41.7 Å². The van der Waals surface area contributed by atoms with Crippen molar-refractivity contribution in [1.29, 1.82) is 0 Å². The normalized spacial score (nSPS) is 20.9. The zero-order valence-corrected chi connectivity index (χ0v) is 22.8. The number of nitrogens with one attached hydrogen (secondary N) is 1. The van der Waals surface area contributed by atoms with Crippen LogP contribution in [0.15, 0.2) is 30.9 Å². The number of amides is 1. The molecule has 6 N–H and O–H groups in total. The van der Waals surface area contributed by atoms with Crippen molar-refractivity contribution in [3.8, 4) is 5.75 Å². The minimum Gasteiger partial charge on any atom is -0.507 e. The van der Waals surface area contributed by atoms with Crippen LogP contribution in [-0.2, 0) is 19.2 Å². The summed E-state index contributed by atoms with van der Waals surface area (Å²) in [6.45, 7) is 9.34. The number of nitrogen functional groups attached to an aromatic ring is 1. The molecule has 0 saturated carbocycles. The van der Waals surface area contributed by atoms with Crippen LogP contribution in [0, 0.1) is 5.82 Å². The van der Waals surface area contributed by atoms with Crippen LogP contribution in [-0.4, -0.2) is 98.6 Å². The Balaban J connectivity index is 0.000000559. The summed E-state index contributed by atoms with van der Waals surface area (Å²) in [6, 6.07) is 2.36. The Bertz CT molecular complexity index is 1410. The lowest BCUT2D eigenvalue weighted by molar-refractivity contribution is -0.0468. The highest BCUT2D eigenvalue weighted by Gasteiger charge is 2.45. The van der Waals surface area contributed by atoms with E-state index in [1.807, 2.05) is 0 Å². The molecule has 1 aliphatic rings. The molecule has 220 valence electrons. The first-order valence-electron chi connectivity index (χ1n) is 12.3. The highest BCUT2D eigenvalue weighted by atomic mass is 32.2. The van der Waals surface area contributed by atoms with E-state index >= 15 is 0 Å². The SMILES string of the molecule is CCN(CC)CC.Nc1ncnc2c1ncn2[C@@H]1O[C@H](COS(=O)(=O)NC(=O)c2ccc(F)cc2O)[C@@H](O)[C@H]1O. The summed E-state index contributed by atoms with van der Waals surface area (Å²) in [5.41, 5.74) is 5.65. The molecule has 1 aromatic carbocycles. The molecule has 0 bridgehead atoms. The number of anilines is 1. The maximum absolute atomic E-state index is 13.0. The van der Waals surface area contributed by atoms with Gasteiger partial charge >= 0.3 is 10.3 Å². The van der Waals surface area contributed by atoms with Crippen molar-refractivity contribution in [2.45, 2.75) is 45.3 Å². The number of hydrogen-bond acceptors (Lipinski definition) is 13. The van der Waals surface area contributed by atoms with Crippen molar-refractivity contribution in [3.63, 3.8) is 0 Å². The molecule has 0 spiro atoms. The van der Waals surface area contributed by atoms with Gasteiger partial charge in [-0.05, 0) is 31.8 Å². The standard InChI is InChI=1S/C17H17FN6O8S.C6H15N/c18-7-1-2-8(9(25)3-7)16(28)23-33(29,30)31-4-10-12(26)13(27)17(32-10)24-6-22-11-14(19)20-5-21-15(11)24;1-4-7(5-2)6-3/h1-3,5-6,10,12-13,17,25-27H,4H2,(H,23,28)(H2,19,20,21);4-6H2,1-3H3/t10-,12-,13-,17-;/m1./s1. The summed E-state index contributed by atoms with van der Waals surface area (Å²) in [6.07, 6.45) is -3.19. The third-order valence-corrected chi connectivity index (χ3v) is 7.03. The number of carbonyl (C=O) groups excluding carboxylic acids is 1. The van der Waals surface area contributed by atoms with Gasteiger partial charge in [0.2, 0.25) is 0 Å². The van der Waals surface area contributed by atoms with E-state index in [1.54, 1.807) is 0 Å². The van der Waals surface area contributed by atoms with Gasteiger partial charge in [0, 0.05) is 6.07 Å². The van der Waals surface area contributed by atoms with Crippen molar-refractivity contribution in [2.24, 2.45) is 0 Å². The fraction of sp³-hybridized carbons (Fsp3) is 0.478. The number of imidazole rings is 1. The van der Waals surface area contributed by atoms with Crippen molar-refractivity contribution in [2.75, 3.05) is 32.0 Å².